The van der Waals surface area contributed by atoms with E-state index in [2.05, 4.69) is 62.3 Å². The summed E-state index contributed by atoms with van der Waals surface area (Å²) in [7, 11) is -9.01. The number of aliphatic hydroxyl groups is 1. The fourth-order valence-corrected chi connectivity index (χ4v) is 27.2. The van der Waals surface area contributed by atoms with E-state index in [1.807, 2.05) is 231 Å². The zero-order chi connectivity index (χ0) is 96.4. The summed E-state index contributed by atoms with van der Waals surface area (Å²) in [5, 5.41) is 31.8. The minimum Gasteiger partial charge on any atom is -0.479 e. The lowest BCUT2D eigenvalue weighted by Crippen LogP contribution is -2.68. The Labute approximate surface area is 757 Å². The molecular formula is C98H122O28Si3. The van der Waals surface area contributed by atoms with E-state index in [4.69, 9.17) is 76.0 Å². The van der Waals surface area contributed by atoms with E-state index in [1.165, 1.54) is 62.3 Å². The molecule has 129 heavy (non-hydrogen) atoms. The molecule has 0 aliphatic carbocycles. The van der Waals surface area contributed by atoms with Gasteiger partial charge in [0.2, 0.25) is 0 Å². The van der Waals surface area contributed by atoms with Crippen LogP contribution >= 0.6 is 0 Å². The maximum absolute atomic E-state index is 13.3. The Morgan fingerprint density at radius 1 is 0.233 bits per heavy atom. The zero-order valence-electron chi connectivity index (χ0n) is 77.0. The topological polar surface area (TPSA) is 386 Å². The van der Waals surface area contributed by atoms with E-state index < -0.39 is 170 Å². The predicted octanol–water partition coefficient (Wildman–Crippen LogP) is 11.3. The number of ether oxygens (including phenoxy) is 10. The zero-order valence-corrected chi connectivity index (χ0v) is 80.0. The molecule has 0 bridgehead atoms. The van der Waals surface area contributed by atoms with Crippen LogP contribution in [0.4, 0.5) is 0 Å². The first-order valence-electron chi connectivity index (χ1n) is 42.1. The maximum atomic E-state index is 13.3. The normalized spacial score (nSPS) is 14.3. The lowest BCUT2D eigenvalue weighted by atomic mass is 10.2. The van der Waals surface area contributed by atoms with Gasteiger partial charge in [-0.2, -0.15) is 0 Å². The van der Waals surface area contributed by atoms with E-state index in [0.717, 1.165) is 42.2 Å². The SMILES string of the molecule is C[C@H](O)C(=O)O[C@@H](C)C(=O)OCc1ccccc1.C[C@H](OC(=O)[C@H](C)OC(=O)[C@H](C)OC(=O)[C@H](C)O[Si](c1ccccc1)(c1ccccc1)C(C)(C)C)C(=O)O.C[C@H](OC(=O)[C@H](C)OC(=O)[C@H](C)OC(=O)[C@H](C)O[Si](c1ccccc1)(c1ccccc1)C(C)(C)C)C(=O)OCc1ccccc1.C[C@H](OC(=O)[C@H](C)O[Si](c1ccccc1)(c1ccccc1)C(C)(C)C)C(=O)O. The van der Waals surface area contributed by atoms with Gasteiger partial charge in [-0.3, -0.25) is 0 Å². The molecule has 31 heteroatoms. The molecule has 8 aromatic carbocycles. The number of carboxylic acid groups (broad SMARTS) is 2. The number of carboxylic acids is 2. The largest absolute Gasteiger partial charge is 0.479 e. The second kappa shape index (κ2) is 50.0. The summed E-state index contributed by atoms with van der Waals surface area (Å²) in [5.41, 5.74) is 1.63. The van der Waals surface area contributed by atoms with Gasteiger partial charge in [0.25, 0.3) is 25.0 Å². The van der Waals surface area contributed by atoms with Crippen molar-refractivity contribution in [1.29, 1.82) is 0 Å². The van der Waals surface area contributed by atoms with Crippen molar-refractivity contribution in [2.75, 3.05) is 0 Å². The minimum atomic E-state index is -3.06. The van der Waals surface area contributed by atoms with Crippen LogP contribution in [0.5, 0.6) is 0 Å². The Bertz CT molecular complexity index is 4800. The molecule has 3 N–H and O–H groups in total. The summed E-state index contributed by atoms with van der Waals surface area (Å²) in [4.78, 5) is 145. The first-order chi connectivity index (χ1) is 60.6. The van der Waals surface area contributed by atoms with E-state index >= 15 is 0 Å². The highest BCUT2D eigenvalue weighted by molar-refractivity contribution is 7.01. The number of aliphatic hydroxyl groups excluding tert-OH is 1. The number of hydrogen-bond acceptors (Lipinski definition) is 26. The van der Waals surface area contributed by atoms with Crippen molar-refractivity contribution in [3.63, 3.8) is 0 Å². The number of benzene rings is 8. The molecule has 0 saturated heterocycles. The Balaban J connectivity index is 0.000000319. The smallest absolute Gasteiger partial charge is 0.347 e. The average molecular weight is 1830 g/mol. The molecule has 0 aromatic heterocycles. The van der Waals surface area contributed by atoms with Gasteiger partial charge in [0.1, 0.15) is 37.6 Å². The number of carbonyl (C=O) groups excluding carboxylic acids is 10. The maximum Gasteiger partial charge on any atom is 0.347 e. The van der Waals surface area contributed by atoms with Crippen molar-refractivity contribution in [1.82, 2.24) is 0 Å². The van der Waals surface area contributed by atoms with Crippen molar-refractivity contribution < 1.29 is 134 Å². The predicted molar refractivity (Wildman–Crippen MR) is 488 cm³/mol. The van der Waals surface area contributed by atoms with Crippen molar-refractivity contribution >= 4 is 128 Å². The molecule has 12 atom stereocenters. The van der Waals surface area contributed by atoms with Gasteiger partial charge in [-0.25, -0.2) is 57.5 Å². The van der Waals surface area contributed by atoms with Gasteiger partial charge in [0.15, 0.2) is 48.8 Å². The van der Waals surface area contributed by atoms with E-state index in [-0.39, 0.29) is 28.3 Å². The van der Waals surface area contributed by atoms with Crippen LogP contribution in [0.3, 0.4) is 0 Å². The van der Waals surface area contributed by atoms with Crippen LogP contribution in [-0.4, -0.2) is 185 Å². The lowest BCUT2D eigenvalue weighted by Gasteiger charge is -2.44. The summed E-state index contributed by atoms with van der Waals surface area (Å²) in [5.74, 6) is -10.9. The second-order valence-corrected chi connectivity index (χ2v) is 46.2. The number of carbonyl (C=O) groups is 12. The Morgan fingerprint density at radius 3 is 0.558 bits per heavy atom. The molecular weight excluding hydrogens is 1710 g/mol. The highest BCUT2D eigenvalue weighted by Crippen LogP contribution is 2.41. The van der Waals surface area contributed by atoms with E-state index in [0.29, 0.717) is 0 Å². The summed E-state index contributed by atoms with van der Waals surface area (Å²) in [6, 6.07) is 77.3. The highest BCUT2D eigenvalue weighted by atomic mass is 28.4. The van der Waals surface area contributed by atoms with Crippen LogP contribution in [0.15, 0.2) is 243 Å². The average Bonchev–Trinajstić information content (AvgIpc) is 0.753. The molecule has 0 unspecified atom stereocenters. The van der Waals surface area contributed by atoms with E-state index in [9.17, 15) is 57.5 Å². The van der Waals surface area contributed by atoms with Crippen LogP contribution in [0, 0.1) is 0 Å². The molecule has 0 heterocycles. The number of esters is 10. The van der Waals surface area contributed by atoms with Crippen LogP contribution in [0.2, 0.25) is 15.1 Å². The number of aliphatic carboxylic acids is 2. The van der Waals surface area contributed by atoms with Crippen LogP contribution in [0.1, 0.15) is 157 Å². The lowest BCUT2D eigenvalue weighted by molar-refractivity contribution is -0.183. The number of rotatable bonds is 36. The van der Waals surface area contributed by atoms with Crippen LogP contribution < -0.4 is 31.1 Å². The van der Waals surface area contributed by atoms with Crippen molar-refractivity contribution in [2.24, 2.45) is 0 Å². The van der Waals surface area contributed by atoms with Gasteiger partial charge in [0, 0.05) is 0 Å². The standard InChI is InChI=1S/C35H42O9Si.C28H36O9Si.C22H28O5Si.C13H16O5/c1-24(31(36)40-23-28-17-11-8-12-18-28)41-32(37)25(2)42-33(38)26(3)43-34(39)27(4)44-45(35(5,6)7,29-19-13-9-14-20-29)30-21-15-10-16-22-30;1-18(24(29)30)34-25(31)19(2)35-26(32)20(3)36-27(33)21(4)37-38(28(5,6)7,22-14-10-8-11-15-22)23-16-12-9-13-17-23;1-16(20(23)24)26-21(25)17(2)27-28(22(3,4)5,18-12-8-6-9-13-18)19-14-10-7-11-15-19;1-9(14)12(15)18-10(2)13(16)17-8-11-6-4-3-5-7-11/h8-22,24-27H,23H2,1-7H3;8-21H,1-7H3,(H,29,30);6-17H,1-5H3,(H,23,24);3-7,9-10,14H,8H2,1-2H3/t24-,25-,26-,27-;18-,19-,20-,21-;16-,17-;9-,10-/m0000/s1. The third-order valence-electron chi connectivity index (χ3n) is 20.1. The van der Waals surface area contributed by atoms with Gasteiger partial charge >= 0.3 is 71.6 Å². The Morgan fingerprint density at radius 2 is 0.388 bits per heavy atom. The monoisotopic (exact) mass is 1830 g/mol. The molecule has 8 rings (SSSR count). The summed E-state index contributed by atoms with van der Waals surface area (Å²) in [6.07, 6.45) is -14.6. The molecule has 0 aliphatic heterocycles. The third-order valence-corrected chi connectivity index (χ3v) is 35.5. The molecule has 694 valence electrons. The van der Waals surface area contributed by atoms with Crippen LogP contribution in [0.25, 0.3) is 0 Å². The molecule has 28 nitrogen and oxygen atoms in total. The van der Waals surface area contributed by atoms with Gasteiger partial charge in [-0.05, 0) is 140 Å². The minimum absolute atomic E-state index is 0.0210. The quantitative estimate of drug-likeness (QED) is 0.0186. The van der Waals surface area contributed by atoms with Gasteiger partial charge in [-0.1, -0.05) is 305 Å². The Hall–Kier alpha value is -12.1. The molecule has 0 fully saturated rings. The Kier molecular flexibility index (Phi) is 41.6. The van der Waals surface area contributed by atoms with E-state index in [1.54, 1.807) is 32.9 Å². The molecule has 0 aliphatic rings. The molecule has 8 aromatic rings. The highest BCUT2D eigenvalue weighted by Gasteiger charge is 2.55. The van der Waals surface area contributed by atoms with Gasteiger partial charge in [-0.15, -0.1) is 0 Å². The molecule has 0 spiro atoms. The summed E-state index contributed by atoms with van der Waals surface area (Å²) >= 11 is 0. The second-order valence-electron chi connectivity index (χ2n) is 33.4. The first-order valence-corrected chi connectivity index (χ1v) is 47.8. The molecule has 0 amide bonds. The number of hydrogen-bond donors (Lipinski definition) is 3. The summed E-state index contributed by atoms with van der Waals surface area (Å²) in [6.45, 7) is 35.4. The van der Waals surface area contributed by atoms with Gasteiger partial charge in [0.05, 0.1) is 0 Å². The fourth-order valence-electron chi connectivity index (χ4n) is 13.3. The molecule has 0 radical (unpaired) electrons. The summed E-state index contributed by atoms with van der Waals surface area (Å²) < 4.78 is 70.7. The van der Waals surface area contributed by atoms with Crippen molar-refractivity contribution in [3.05, 3.63) is 254 Å². The van der Waals surface area contributed by atoms with Crippen LogP contribution in [-0.2, 0) is 131 Å². The van der Waals surface area contributed by atoms with Gasteiger partial charge < -0.3 is 76.0 Å². The first kappa shape index (κ1) is 107. The van der Waals surface area contributed by atoms with Crippen molar-refractivity contribution in [2.45, 2.75) is 247 Å². The fraction of sp³-hybridized carbons (Fsp3) is 0.388. The third kappa shape index (κ3) is 31.1. The molecule has 0 saturated carbocycles. The van der Waals surface area contributed by atoms with Crippen molar-refractivity contribution in [3.8, 4) is 0 Å².